The largest absolute Gasteiger partial charge is 0.439 e. The van der Waals surface area contributed by atoms with Crippen molar-refractivity contribution < 1.29 is 18.8 Å². The Morgan fingerprint density at radius 1 is 1.11 bits per heavy atom. The number of carbonyl (C=O) groups excluding carboxylic acids is 1. The lowest BCUT2D eigenvalue weighted by molar-refractivity contribution is -0.385. The van der Waals surface area contributed by atoms with E-state index in [-0.39, 0.29) is 17.1 Å². The van der Waals surface area contributed by atoms with Crippen molar-refractivity contribution in [3.63, 3.8) is 0 Å². The summed E-state index contributed by atoms with van der Waals surface area (Å²) in [7, 11) is 0. The predicted molar refractivity (Wildman–Crippen MR) is 98.9 cm³/mol. The molecule has 0 saturated carbocycles. The number of benzene rings is 2. The number of carbonyl (C=O) groups is 1. The van der Waals surface area contributed by atoms with Crippen LogP contribution in [-0.2, 0) is 0 Å². The minimum absolute atomic E-state index is 0.124. The van der Waals surface area contributed by atoms with Crippen molar-refractivity contribution in [2.24, 2.45) is 5.10 Å². The van der Waals surface area contributed by atoms with Crippen LogP contribution in [0.5, 0.6) is 11.6 Å². The molecule has 0 bridgehead atoms. The van der Waals surface area contributed by atoms with Gasteiger partial charge >= 0.3 is 0 Å². The van der Waals surface area contributed by atoms with Crippen molar-refractivity contribution in [3.05, 3.63) is 93.9 Å². The predicted octanol–water partition coefficient (Wildman–Crippen LogP) is 3.69. The molecule has 0 aliphatic heterocycles. The van der Waals surface area contributed by atoms with Crippen LogP contribution in [0.25, 0.3) is 0 Å². The molecule has 9 heteroatoms. The SMILES string of the molecule is O=C(N/N=C/c1ccc(Oc2ccc([N+](=O)[O-])cn2)cc1)c1ccc(F)cc1. The van der Waals surface area contributed by atoms with Crippen LogP contribution in [0.1, 0.15) is 15.9 Å². The van der Waals surface area contributed by atoms with Gasteiger partial charge in [-0.15, -0.1) is 0 Å². The van der Waals surface area contributed by atoms with Crippen LogP contribution in [0.15, 0.2) is 72.0 Å². The monoisotopic (exact) mass is 380 g/mol. The number of amides is 1. The number of hydrazone groups is 1. The topological polar surface area (TPSA) is 107 Å². The van der Waals surface area contributed by atoms with Gasteiger partial charge in [0.25, 0.3) is 11.6 Å². The summed E-state index contributed by atoms with van der Waals surface area (Å²) in [5, 5.41) is 14.4. The molecule has 0 atom stereocenters. The zero-order valence-electron chi connectivity index (χ0n) is 14.3. The molecule has 3 rings (SSSR count). The number of nitrogens with zero attached hydrogens (tertiary/aromatic N) is 3. The normalized spacial score (nSPS) is 10.6. The summed E-state index contributed by atoms with van der Waals surface area (Å²) in [5.74, 6) is -0.181. The first kappa shape index (κ1) is 18.6. The van der Waals surface area contributed by atoms with E-state index in [0.717, 1.165) is 6.20 Å². The molecule has 140 valence electrons. The fourth-order valence-electron chi connectivity index (χ4n) is 2.11. The van der Waals surface area contributed by atoms with Crippen LogP contribution in [0.2, 0.25) is 0 Å². The average molecular weight is 380 g/mol. The lowest BCUT2D eigenvalue weighted by atomic mass is 10.2. The maximum absolute atomic E-state index is 12.8. The molecule has 0 saturated heterocycles. The highest BCUT2D eigenvalue weighted by Gasteiger charge is 2.06. The number of ether oxygens (including phenoxy) is 1. The third kappa shape index (κ3) is 4.94. The number of aromatic nitrogens is 1. The smallest absolute Gasteiger partial charge is 0.287 e. The van der Waals surface area contributed by atoms with E-state index in [1.165, 1.54) is 42.6 Å². The van der Waals surface area contributed by atoms with Crippen LogP contribution in [0.4, 0.5) is 10.1 Å². The standard InChI is InChI=1S/C19H13FN4O4/c20-15-5-3-14(4-6-15)19(25)23-22-11-13-1-8-17(9-2-13)28-18-10-7-16(12-21-18)24(26)27/h1-12H,(H,23,25)/b22-11+. The molecule has 1 N–H and O–H groups in total. The fraction of sp³-hybridized carbons (Fsp3) is 0. The molecule has 1 heterocycles. The van der Waals surface area contributed by atoms with Crippen LogP contribution in [0, 0.1) is 15.9 Å². The summed E-state index contributed by atoms with van der Waals surface area (Å²) in [5.41, 5.74) is 3.21. The minimum atomic E-state index is -0.542. The molecule has 1 aromatic heterocycles. The molecule has 3 aromatic rings. The van der Waals surface area contributed by atoms with Gasteiger partial charge in [-0.2, -0.15) is 5.10 Å². The van der Waals surface area contributed by atoms with Gasteiger partial charge in [0, 0.05) is 17.7 Å². The Morgan fingerprint density at radius 2 is 1.82 bits per heavy atom. The summed E-state index contributed by atoms with van der Waals surface area (Å²) in [6.07, 6.45) is 2.55. The number of nitrogens with one attached hydrogen (secondary N) is 1. The van der Waals surface area contributed by atoms with Crippen molar-refractivity contribution in [2.75, 3.05) is 0 Å². The van der Waals surface area contributed by atoms with Crippen molar-refractivity contribution in [1.29, 1.82) is 0 Å². The van der Waals surface area contributed by atoms with Gasteiger partial charge < -0.3 is 4.74 Å². The van der Waals surface area contributed by atoms with Crippen molar-refractivity contribution in [3.8, 4) is 11.6 Å². The molecule has 8 nitrogen and oxygen atoms in total. The van der Waals surface area contributed by atoms with Crippen molar-refractivity contribution in [2.45, 2.75) is 0 Å². The molecule has 0 fully saturated rings. The Hall–Kier alpha value is -4.14. The Kier molecular flexibility index (Phi) is 5.66. The molecule has 28 heavy (non-hydrogen) atoms. The molecule has 0 aliphatic rings. The highest BCUT2D eigenvalue weighted by atomic mass is 19.1. The molecule has 1 amide bonds. The van der Waals surface area contributed by atoms with E-state index in [1.807, 2.05) is 0 Å². The summed E-state index contributed by atoms with van der Waals surface area (Å²) < 4.78 is 18.3. The zero-order valence-corrected chi connectivity index (χ0v) is 14.3. The van der Waals surface area contributed by atoms with Crippen LogP contribution < -0.4 is 10.2 Å². The number of hydrogen-bond donors (Lipinski definition) is 1. The summed E-state index contributed by atoms with van der Waals surface area (Å²) in [6, 6.07) is 14.5. The van der Waals surface area contributed by atoms with E-state index in [2.05, 4.69) is 15.5 Å². The molecule has 0 unspecified atom stereocenters. The lowest BCUT2D eigenvalue weighted by Gasteiger charge is -2.04. The first-order valence-electron chi connectivity index (χ1n) is 7.98. The molecule has 0 radical (unpaired) electrons. The number of hydrogen-bond acceptors (Lipinski definition) is 6. The third-order valence-electron chi connectivity index (χ3n) is 3.52. The van der Waals surface area contributed by atoms with E-state index in [4.69, 9.17) is 4.74 Å². The van der Waals surface area contributed by atoms with Gasteiger partial charge in [-0.25, -0.2) is 14.8 Å². The Bertz CT molecular complexity index is 1000. The number of halogens is 1. The molecule has 2 aromatic carbocycles. The number of nitro groups is 1. The van der Waals surface area contributed by atoms with Crippen molar-refractivity contribution in [1.82, 2.24) is 10.4 Å². The van der Waals surface area contributed by atoms with Gasteiger partial charge in [0.05, 0.1) is 11.1 Å². The van der Waals surface area contributed by atoms with E-state index in [9.17, 15) is 19.3 Å². The Morgan fingerprint density at radius 3 is 2.43 bits per heavy atom. The summed E-state index contributed by atoms with van der Waals surface area (Å²) in [6.45, 7) is 0. The zero-order chi connectivity index (χ0) is 19.9. The second-order valence-electron chi connectivity index (χ2n) is 5.49. The molecule has 0 spiro atoms. The Labute approximate surface area is 158 Å². The van der Waals surface area contributed by atoms with E-state index >= 15 is 0 Å². The quantitative estimate of drug-likeness (QED) is 0.399. The van der Waals surface area contributed by atoms with Gasteiger partial charge in [-0.1, -0.05) is 0 Å². The van der Waals surface area contributed by atoms with Crippen LogP contribution >= 0.6 is 0 Å². The van der Waals surface area contributed by atoms with Gasteiger partial charge in [0.1, 0.15) is 17.8 Å². The minimum Gasteiger partial charge on any atom is -0.439 e. The third-order valence-corrected chi connectivity index (χ3v) is 3.52. The molecular formula is C19H13FN4O4. The number of pyridine rings is 1. The van der Waals surface area contributed by atoms with Crippen LogP contribution in [-0.4, -0.2) is 22.0 Å². The van der Waals surface area contributed by atoms with Gasteiger partial charge in [-0.3, -0.25) is 14.9 Å². The van der Waals surface area contributed by atoms with Gasteiger partial charge in [0.2, 0.25) is 5.88 Å². The number of rotatable bonds is 6. The van der Waals surface area contributed by atoms with Gasteiger partial charge in [-0.05, 0) is 54.1 Å². The fourth-order valence-corrected chi connectivity index (χ4v) is 2.11. The second kappa shape index (κ2) is 8.49. The van der Waals surface area contributed by atoms with Crippen molar-refractivity contribution >= 4 is 17.8 Å². The highest BCUT2D eigenvalue weighted by Crippen LogP contribution is 2.21. The molecule has 0 aliphatic carbocycles. The van der Waals surface area contributed by atoms with E-state index in [1.54, 1.807) is 24.3 Å². The van der Waals surface area contributed by atoms with Gasteiger partial charge in [0.15, 0.2) is 0 Å². The second-order valence-corrected chi connectivity index (χ2v) is 5.49. The van der Waals surface area contributed by atoms with E-state index in [0.29, 0.717) is 11.3 Å². The first-order chi connectivity index (χ1) is 13.5. The first-order valence-corrected chi connectivity index (χ1v) is 7.98. The average Bonchev–Trinajstić information content (AvgIpc) is 2.70. The Balaban J connectivity index is 1.56. The highest BCUT2D eigenvalue weighted by molar-refractivity contribution is 5.94. The lowest BCUT2D eigenvalue weighted by Crippen LogP contribution is -2.17. The van der Waals surface area contributed by atoms with Crippen LogP contribution in [0.3, 0.4) is 0 Å². The molecular weight excluding hydrogens is 367 g/mol. The maximum atomic E-state index is 12.8. The summed E-state index contributed by atoms with van der Waals surface area (Å²) in [4.78, 5) is 25.8. The van der Waals surface area contributed by atoms with E-state index < -0.39 is 16.6 Å². The maximum Gasteiger partial charge on any atom is 0.287 e. The summed E-state index contributed by atoms with van der Waals surface area (Å²) >= 11 is 0.